The number of rotatable bonds is 4. The number of hydrogen-bond donors (Lipinski definition) is 1. The van der Waals surface area contributed by atoms with Gasteiger partial charge in [-0.25, -0.2) is 0 Å². The van der Waals surface area contributed by atoms with Gasteiger partial charge in [-0.15, -0.1) is 0 Å². The van der Waals surface area contributed by atoms with Crippen LogP contribution >= 0.6 is 0 Å². The number of nitro benzene ring substituents is 1. The van der Waals surface area contributed by atoms with Crippen molar-refractivity contribution in [3.63, 3.8) is 0 Å². The highest BCUT2D eigenvalue weighted by Gasteiger charge is 2.19. The lowest BCUT2D eigenvalue weighted by Gasteiger charge is -2.28. The molecule has 0 atom stereocenters. The lowest BCUT2D eigenvalue weighted by atomic mass is 10.3. The molecule has 21 heavy (non-hydrogen) atoms. The molecule has 0 saturated carbocycles. The Morgan fingerprint density at radius 3 is 2.76 bits per heavy atom. The minimum Gasteiger partial charge on any atom is -0.378 e. The van der Waals surface area contributed by atoms with Crippen molar-refractivity contribution in [1.29, 1.82) is 0 Å². The summed E-state index contributed by atoms with van der Waals surface area (Å²) in [5, 5.41) is 14.8. The van der Waals surface area contributed by atoms with Gasteiger partial charge < -0.3 is 9.64 Å². The summed E-state index contributed by atoms with van der Waals surface area (Å²) < 4.78 is 5.23. The third kappa shape index (κ3) is 3.99. The van der Waals surface area contributed by atoms with Gasteiger partial charge in [-0.2, -0.15) is 5.10 Å². The van der Waals surface area contributed by atoms with Gasteiger partial charge in [0.1, 0.15) is 0 Å². The molecular formula is C13H16N4O4. The van der Waals surface area contributed by atoms with E-state index in [4.69, 9.17) is 4.74 Å². The van der Waals surface area contributed by atoms with Crippen molar-refractivity contribution in [3.05, 3.63) is 34.4 Å². The summed E-state index contributed by atoms with van der Waals surface area (Å²) in [6.07, 6.45) is 0. The predicted octanol–water partition coefficient (Wildman–Crippen LogP) is 1.24. The Morgan fingerprint density at radius 2 is 2.14 bits per heavy atom. The number of hydrazone groups is 1. The number of nitrogens with one attached hydrogen (secondary N) is 1. The summed E-state index contributed by atoms with van der Waals surface area (Å²) in [6.45, 7) is 3.71. The molecular weight excluding hydrogens is 276 g/mol. The summed E-state index contributed by atoms with van der Waals surface area (Å²) in [6, 6.07) is 5.95. The van der Waals surface area contributed by atoms with E-state index in [1.807, 2.05) is 4.90 Å². The van der Waals surface area contributed by atoms with Crippen molar-refractivity contribution in [2.75, 3.05) is 31.7 Å². The number of amidine groups is 1. The third-order valence-corrected chi connectivity index (χ3v) is 2.97. The van der Waals surface area contributed by atoms with E-state index in [2.05, 4.69) is 10.5 Å². The number of carbonyl (C=O) groups excluding carboxylic acids is 1. The molecule has 112 valence electrons. The first-order chi connectivity index (χ1) is 10.1. The second-order valence-electron chi connectivity index (χ2n) is 4.51. The van der Waals surface area contributed by atoms with E-state index in [1.165, 1.54) is 19.1 Å². The Hall–Kier alpha value is -2.48. The van der Waals surface area contributed by atoms with Gasteiger partial charge in [0.05, 0.1) is 23.8 Å². The average Bonchev–Trinajstić information content (AvgIpc) is 2.48. The summed E-state index contributed by atoms with van der Waals surface area (Å²) in [5.74, 6) is 0.125. The maximum absolute atomic E-state index is 11.7. The van der Waals surface area contributed by atoms with Crippen molar-refractivity contribution >= 4 is 23.0 Å². The lowest BCUT2D eigenvalue weighted by molar-refractivity contribution is -0.384. The standard InChI is InChI=1S/C13H16N4O4/c1-10(18)13(16-5-7-21-8-6-16)15-14-11-3-2-4-12(9-11)17(19)20/h2-4,9,14H,5-8H2,1H3. The van der Waals surface area contributed by atoms with E-state index in [1.54, 1.807) is 12.1 Å². The molecule has 1 aliphatic heterocycles. The van der Waals surface area contributed by atoms with Crippen molar-refractivity contribution in [2.24, 2.45) is 5.10 Å². The van der Waals surface area contributed by atoms with Gasteiger partial charge in [0.25, 0.3) is 5.69 Å². The number of anilines is 1. The van der Waals surface area contributed by atoms with Crippen LogP contribution in [-0.2, 0) is 9.53 Å². The van der Waals surface area contributed by atoms with Crippen LogP contribution < -0.4 is 5.43 Å². The van der Waals surface area contributed by atoms with E-state index in [0.29, 0.717) is 37.8 Å². The first-order valence-corrected chi connectivity index (χ1v) is 6.49. The van der Waals surface area contributed by atoms with E-state index >= 15 is 0 Å². The summed E-state index contributed by atoms with van der Waals surface area (Å²) in [4.78, 5) is 23.7. The Labute approximate surface area is 121 Å². The van der Waals surface area contributed by atoms with Gasteiger partial charge in [0.15, 0.2) is 11.6 Å². The minimum atomic E-state index is -0.483. The van der Waals surface area contributed by atoms with Crippen molar-refractivity contribution in [1.82, 2.24) is 4.90 Å². The van der Waals surface area contributed by atoms with Crippen molar-refractivity contribution < 1.29 is 14.5 Å². The third-order valence-electron chi connectivity index (χ3n) is 2.97. The molecule has 1 aliphatic rings. The second kappa shape index (κ2) is 6.80. The average molecular weight is 292 g/mol. The number of nitrogens with zero attached hydrogens (tertiary/aromatic N) is 3. The van der Waals surface area contributed by atoms with Crippen LogP contribution in [-0.4, -0.2) is 47.7 Å². The normalized spacial score (nSPS) is 15.7. The Balaban J connectivity index is 2.14. The number of ether oxygens (including phenoxy) is 1. The number of carbonyl (C=O) groups is 1. The highest BCUT2D eigenvalue weighted by Crippen LogP contribution is 2.17. The van der Waals surface area contributed by atoms with E-state index in [9.17, 15) is 14.9 Å². The van der Waals surface area contributed by atoms with Crippen LogP contribution in [0, 0.1) is 10.1 Å². The van der Waals surface area contributed by atoms with Crippen LogP contribution in [0.4, 0.5) is 11.4 Å². The van der Waals surface area contributed by atoms with E-state index in [0.717, 1.165) is 0 Å². The molecule has 0 radical (unpaired) electrons. The van der Waals surface area contributed by atoms with Crippen LogP contribution in [0.1, 0.15) is 6.92 Å². The number of non-ortho nitro benzene ring substituents is 1. The number of benzene rings is 1. The molecule has 0 aliphatic carbocycles. The monoisotopic (exact) mass is 292 g/mol. The molecule has 8 heteroatoms. The molecule has 1 fully saturated rings. The van der Waals surface area contributed by atoms with E-state index in [-0.39, 0.29) is 11.5 Å². The molecule has 8 nitrogen and oxygen atoms in total. The van der Waals surface area contributed by atoms with Crippen LogP contribution in [0.2, 0.25) is 0 Å². The van der Waals surface area contributed by atoms with Crippen LogP contribution in [0.5, 0.6) is 0 Å². The molecule has 1 aromatic carbocycles. The SMILES string of the molecule is CC(=O)C(=NNc1cccc([N+](=O)[O-])c1)N1CCOCC1. The molecule has 0 aromatic heterocycles. The molecule has 1 saturated heterocycles. The number of ketones is 1. The van der Waals surface area contributed by atoms with Gasteiger partial charge in [0.2, 0.25) is 0 Å². The summed E-state index contributed by atoms with van der Waals surface area (Å²) >= 11 is 0. The fourth-order valence-electron chi connectivity index (χ4n) is 1.95. The summed E-state index contributed by atoms with van der Waals surface area (Å²) in [5.41, 5.74) is 3.12. The first-order valence-electron chi connectivity index (χ1n) is 6.49. The quantitative estimate of drug-likeness (QED) is 0.388. The Kier molecular flexibility index (Phi) is 4.83. The Morgan fingerprint density at radius 1 is 1.43 bits per heavy atom. The zero-order valence-corrected chi connectivity index (χ0v) is 11.6. The number of nitro groups is 1. The zero-order valence-electron chi connectivity index (χ0n) is 11.6. The van der Waals surface area contributed by atoms with Gasteiger partial charge in [-0.1, -0.05) is 6.07 Å². The fourth-order valence-corrected chi connectivity index (χ4v) is 1.95. The van der Waals surface area contributed by atoms with Gasteiger partial charge in [-0.3, -0.25) is 20.3 Å². The number of Topliss-reactive ketones (excluding diaryl/α,β-unsaturated/α-hetero) is 1. The number of morpholine rings is 1. The van der Waals surface area contributed by atoms with Crippen LogP contribution in [0.3, 0.4) is 0 Å². The minimum absolute atomic E-state index is 0.0362. The highest BCUT2D eigenvalue weighted by atomic mass is 16.6. The highest BCUT2D eigenvalue weighted by molar-refractivity contribution is 6.37. The Bertz CT molecular complexity index is 567. The van der Waals surface area contributed by atoms with Crippen molar-refractivity contribution in [2.45, 2.75) is 6.92 Å². The van der Waals surface area contributed by atoms with Gasteiger partial charge in [-0.05, 0) is 6.07 Å². The molecule has 0 amide bonds. The van der Waals surface area contributed by atoms with Crippen LogP contribution in [0.25, 0.3) is 0 Å². The molecule has 1 heterocycles. The van der Waals surface area contributed by atoms with Gasteiger partial charge >= 0.3 is 0 Å². The van der Waals surface area contributed by atoms with E-state index < -0.39 is 4.92 Å². The molecule has 0 unspecified atom stereocenters. The maximum Gasteiger partial charge on any atom is 0.271 e. The zero-order chi connectivity index (χ0) is 15.2. The molecule has 0 bridgehead atoms. The smallest absolute Gasteiger partial charge is 0.271 e. The largest absolute Gasteiger partial charge is 0.378 e. The molecule has 1 N–H and O–H groups in total. The molecule has 0 spiro atoms. The fraction of sp³-hybridized carbons (Fsp3) is 0.385. The predicted molar refractivity (Wildman–Crippen MR) is 77.2 cm³/mol. The topological polar surface area (TPSA) is 97.1 Å². The molecule has 2 rings (SSSR count). The second-order valence-corrected chi connectivity index (χ2v) is 4.51. The van der Waals surface area contributed by atoms with Crippen molar-refractivity contribution in [3.8, 4) is 0 Å². The lowest BCUT2D eigenvalue weighted by Crippen LogP contribution is -2.44. The van der Waals surface area contributed by atoms with Gasteiger partial charge in [0, 0.05) is 32.1 Å². The first kappa shape index (κ1) is 14.9. The number of hydrogen-bond acceptors (Lipinski definition) is 6. The van der Waals surface area contributed by atoms with Crippen LogP contribution in [0.15, 0.2) is 29.4 Å². The molecule has 1 aromatic rings. The maximum atomic E-state index is 11.7. The summed E-state index contributed by atoms with van der Waals surface area (Å²) in [7, 11) is 0.